The molecule has 2 aromatic heterocycles. The second-order valence-electron chi connectivity index (χ2n) is 8.75. The Hall–Kier alpha value is -4.29. The third kappa shape index (κ3) is 5.34. The van der Waals surface area contributed by atoms with Gasteiger partial charge in [-0.3, -0.25) is 14.6 Å². The van der Waals surface area contributed by atoms with Gasteiger partial charge in [0.2, 0.25) is 5.91 Å². The molecule has 0 bridgehead atoms. The largest absolute Gasteiger partial charge is 0.396 e. The number of fused-ring (bicyclic) bond motifs is 1. The minimum Gasteiger partial charge on any atom is -0.396 e. The van der Waals surface area contributed by atoms with E-state index in [1.807, 2.05) is 36.1 Å². The Morgan fingerprint density at radius 2 is 1.94 bits per heavy atom. The molecule has 0 radical (unpaired) electrons. The molecule has 2 atom stereocenters. The fourth-order valence-electron chi connectivity index (χ4n) is 4.45. The summed E-state index contributed by atoms with van der Waals surface area (Å²) in [5.41, 5.74) is 4.33. The van der Waals surface area contributed by atoms with Crippen LogP contribution in [-0.2, 0) is 4.79 Å². The Bertz CT molecular complexity index is 1280. The predicted molar refractivity (Wildman–Crippen MR) is 136 cm³/mol. The number of aliphatic hydroxyl groups excluding tert-OH is 1. The van der Waals surface area contributed by atoms with E-state index in [1.165, 1.54) is 6.20 Å². The molecule has 1 aromatic carbocycles. The van der Waals surface area contributed by atoms with Crippen LogP contribution in [0.5, 0.6) is 0 Å². The van der Waals surface area contributed by atoms with Crippen LogP contribution in [0.1, 0.15) is 54.3 Å². The first-order valence-corrected chi connectivity index (χ1v) is 11.8. The zero-order valence-corrected chi connectivity index (χ0v) is 20.2. The van der Waals surface area contributed by atoms with Crippen molar-refractivity contribution in [2.24, 2.45) is 0 Å². The van der Waals surface area contributed by atoms with E-state index in [-0.39, 0.29) is 30.5 Å². The Morgan fingerprint density at radius 3 is 2.58 bits per heavy atom. The van der Waals surface area contributed by atoms with Crippen LogP contribution in [0.3, 0.4) is 0 Å². The van der Waals surface area contributed by atoms with Gasteiger partial charge in [0, 0.05) is 49.8 Å². The maximum atomic E-state index is 12.5. The van der Waals surface area contributed by atoms with Crippen molar-refractivity contribution in [2.75, 3.05) is 23.4 Å². The van der Waals surface area contributed by atoms with Crippen LogP contribution >= 0.6 is 0 Å². The number of carbonyl (C=O) groups is 2. The van der Waals surface area contributed by atoms with E-state index >= 15 is 0 Å². The summed E-state index contributed by atoms with van der Waals surface area (Å²) in [5, 5.41) is 24.1. The number of pyridine rings is 2. The van der Waals surface area contributed by atoms with E-state index in [9.17, 15) is 9.59 Å². The predicted octanol–water partition coefficient (Wildman–Crippen LogP) is 3.43. The molecule has 0 saturated heterocycles. The Balaban J connectivity index is 1.64. The molecule has 184 valence electrons. The summed E-state index contributed by atoms with van der Waals surface area (Å²) in [7, 11) is 0. The molecule has 4 rings (SSSR count). The summed E-state index contributed by atoms with van der Waals surface area (Å²) in [5.74, 6) is 0.340. The quantitative estimate of drug-likeness (QED) is 0.438. The van der Waals surface area contributed by atoms with Gasteiger partial charge in [0.1, 0.15) is 17.6 Å². The number of aliphatic hydroxyl groups is 1. The van der Waals surface area contributed by atoms with Crippen molar-refractivity contribution < 1.29 is 14.7 Å². The summed E-state index contributed by atoms with van der Waals surface area (Å²) in [6, 6.07) is 14.9. The van der Waals surface area contributed by atoms with Gasteiger partial charge in [-0.05, 0) is 61.2 Å². The van der Waals surface area contributed by atoms with Crippen molar-refractivity contribution in [3.63, 3.8) is 0 Å². The molecule has 36 heavy (non-hydrogen) atoms. The second-order valence-corrected chi connectivity index (χ2v) is 8.75. The van der Waals surface area contributed by atoms with Crippen LogP contribution in [0.15, 0.2) is 54.9 Å². The molecular formula is C27H28N6O3. The molecule has 0 fully saturated rings. The third-order valence-corrected chi connectivity index (χ3v) is 6.18. The first kappa shape index (κ1) is 24.8. The summed E-state index contributed by atoms with van der Waals surface area (Å²) in [6.07, 6.45) is 4.35. The van der Waals surface area contributed by atoms with Crippen molar-refractivity contribution in [1.82, 2.24) is 15.3 Å². The number of benzene rings is 1. The highest BCUT2D eigenvalue weighted by molar-refractivity contribution is 5.94. The molecule has 1 aliphatic heterocycles. The van der Waals surface area contributed by atoms with Crippen molar-refractivity contribution in [3.8, 4) is 17.2 Å². The Morgan fingerprint density at radius 1 is 1.14 bits per heavy atom. The molecule has 3 N–H and O–H groups in total. The standard InChI is InChI=1S/C27H28N6O3/c1-17-12-24(32-26-9-4-19(14-28)15-31-26)22-13-20(6-8-25(22)33(17)18(2)35)21-5-7-23(30-16-21)27(36)29-10-3-11-34/h4-9,13,15-17,24,34H,3,10-12H2,1-2H3,(H,29,36)(H,31,32). The van der Waals surface area contributed by atoms with Crippen molar-refractivity contribution in [1.29, 1.82) is 5.26 Å². The van der Waals surface area contributed by atoms with Crippen LogP contribution in [0, 0.1) is 11.3 Å². The fourth-order valence-corrected chi connectivity index (χ4v) is 4.45. The van der Waals surface area contributed by atoms with E-state index in [4.69, 9.17) is 10.4 Å². The second kappa shape index (κ2) is 11.0. The molecule has 9 nitrogen and oxygen atoms in total. The number of nitrogens with one attached hydrogen (secondary N) is 2. The minimum absolute atomic E-state index is 0.0120. The molecular weight excluding hydrogens is 456 g/mol. The maximum Gasteiger partial charge on any atom is 0.269 e. The van der Waals surface area contributed by atoms with E-state index in [1.54, 1.807) is 31.3 Å². The van der Waals surface area contributed by atoms with Gasteiger partial charge >= 0.3 is 0 Å². The van der Waals surface area contributed by atoms with Gasteiger partial charge < -0.3 is 20.6 Å². The molecule has 2 unspecified atom stereocenters. The summed E-state index contributed by atoms with van der Waals surface area (Å²) in [6.45, 7) is 3.99. The smallest absolute Gasteiger partial charge is 0.269 e. The number of anilines is 2. The minimum atomic E-state index is -0.286. The van der Waals surface area contributed by atoms with Crippen molar-refractivity contribution in [2.45, 2.75) is 38.8 Å². The molecule has 0 spiro atoms. The lowest BCUT2D eigenvalue weighted by molar-refractivity contribution is -0.117. The van der Waals surface area contributed by atoms with Crippen LogP contribution in [0.25, 0.3) is 11.1 Å². The molecule has 0 aliphatic carbocycles. The average Bonchev–Trinajstić information content (AvgIpc) is 2.89. The number of amides is 2. The van der Waals surface area contributed by atoms with Crippen LogP contribution < -0.4 is 15.5 Å². The van der Waals surface area contributed by atoms with Gasteiger partial charge in [-0.1, -0.05) is 12.1 Å². The molecule has 9 heteroatoms. The number of rotatable bonds is 7. The normalized spacial score (nSPS) is 16.6. The lowest BCUT2D eigenvalue weighted by Gasteiger charge is -2.39. The highest BCUT2D eigenvalue weighted by Crippen LogP contribution is 2.41. The summed E-state index contributed by atoms with van der Waals surface area (Å²) >= 11 is 0. The summed E-state index contributed by atoms with van der Waals surface area (Å²) in [4.78, 5) is 35.2. The number of hydrogen-bond acceptors (Lipinski definition) is 7. The molecule has 3 aromatic rings. The topological polar surface area (TPSA) is 131 Å². The SMILES string of the molecule is CC(=O)N1c2ccc(-c3ccc(C(=O)NCCCO)nc3)cc2C(Nc2ccc(C#N)cn2)CC1C. The molecule has 1 aliphatic rings. The number of hydrogen-bond donors (Lipinski definition) is 3. The van der Waals surface area contributed by atoms with Crippen LogP contribution in [-0.4, -0.2) is 46.1 Å². The van der Waals surface area contributed by atoms with Crippen molar-refractivity contribution in [3.05, 3.63) is 71.7 Å². The Kier molecular flexibility index (Phi) is 7.56. The highest BCUT2D eigenvalue weighted by Gasteiger charge is 2.32. The first-order chi connectivity index (χ1) is 17.4. The zero-order chi connectivity index (χ0) is 25.7. The number of nitriles is 1. The molecule has 2 amide bonds. The van der Waals surface area contributed by atoms with Gasteiger partial charge in [0.05, 0.1) is 11.6 Å². The maximum absolute atomic E-state index is 12.5. The third-order valence-electron chi connectivity index (χ3n) is 6.18. The summed E-state index contributed by atoms with van der Waals surface area (Å²) < 4.78 is 0. The lowest BCUT2D eigenvalue weighted by Crippen LogP contribution is -2.43. The van der Waals surface area contributed by atoms with Gasteiger partial charge in [0.25, 0.3) is 5.91 Å². The number of aromatic nitrogens is 2. The van der Waals surface area contributed by atoms with E-state index in [0.29, 0.717) is 36.5 Å². The fraction of sp³-hybridized carbons (Fsp3) is 0.296. The molecule has 0 saturated carbocycles. The van der Waals surface area contributed by atoms with E-state index in [2.05, 4.69) is 26.7 Å². The Labute approximate surface area is 209 Å². The van der Waals surface area contributed by atoms with Gasteiger partial charge in [0.15, 0.2) is 0 Å². The van der Waals surface area contributed by atoms with Crippen molar-refractivity contribution >= 4 is 23.3 Å². The van der Waals surface area contributed by atoms with Crippen LogP contribution in [0.2, 0.25) is 0 Å². The monoisotopic (exact) mass is 484 g/mol. The molecule has 3 heterocycles. The van der Waals surface area contributed by atoms with Crippen LogP contribution in [0.4, 0.5) is 11.5 Å². The van der Waals surface area contributed by atoms with Gasteiger partial charge in [-0.15, -0.1) is 0 Å². The zero-order valence-electron chi connectivity index (χ0n) is 20.2. The van der Waals surface area contributed by atoms with E-state index < -0.39 is 0 Å². The van der Waals surface area contributed by atoms with Gasteiger partial charge in [-0.2, -0.15) is 5.26 Å². The lowest BCUT2D eigenvalue weighted by atomic mass is 9.89. The number of nitrogens with zero attached hydrogens (tertiary/aromatic N) is 4. The van der Waals surface area contributed by atoms with E-state index in [0.717, 1.165) is 22.4 Å². The average molecular weight is 485 g/mol. The number of carbonyl (C=O) groups excluding carboxylic acids is 2. The van der Waals surface area contributed by atoms with Gasteiger partial charge in [-0.25, -0.2) is 4.98 Å². The first-order valence-electron chi connectivity index (χ1n) is 11.8. The highest BCUT2D eigenvalue weighted by atomic mass is 16.3.